The second-order valence-corrected chi connectivity index (χ2v) is 4.68. The summed E-state index contributed by atoms with van der Waals surface area (Å²) < 4.78 is 0. The topological polar surface area (TPSA) is 46.2 Å². The summed E-state index contributed by atoms with van der Waals surface area (Å²) in [4.78, 5) is 0. The molecule has 0 saturated carbocycles. The molecule has 16 heavy (non-hydrogen) atoms. The number of hydrogen-bond acceptors (Lipinski definition) is 2. The van der Waals surface area contributed by atoms with Crippen LogP contribution >= 0.6 is 0 Å². The van der Waals surface area contributed by atoms with Gasteiger partial charge in [-0.05, 0) is 61.8 Å². The fourth-order valence-electron chi connectivity index (χ4n) is 2.44. The van der Waals surface area contributed by atoms with Crippen molar-refractivity contribution < 1.29 is 5.11 Å². The number of aryl methyl sites for hydroxylation is 2. The first kappa shape index (κ1) is 11.6. The smallest absolute Gasteiger partial charge is 0.0790 e. The van der Waals surface area contributed by atoms with Gasteiger partial charge in [0.25, 0.3) is 0 Å². The predicted octanol–water partition coefficient (Wildman–Crippen LogP) is 2.34. The molecule has 2 nitrogen and oxygen atoms in total. The van der Waals surface area contributed by atoms with Gasteiger partial charge in [0, 0.05) is 0 Å². The molecule has 2 rings (SSSR count). The number of hydrogen-bond donors (Lipinski definition) is 2. The van der Waals surface area contributed by atoms with Crippen LogP contribution in [0, 0.1) is 0 Å². The van der Waals surface area contributed by atoms with E-state index < -0.39 is 0 Å². The minimum atomic E-state index is -0.337. The number of aliphatic hydroxyl groups excluding tert-OH is 1. The zero-order valence-electron chi connectivity index (χ0n) is 9.78. The van der Waals surface area contributed by atoms with Gasteiger partial charge in [0.05, 0.1) is 6.10 Å². The molecule has 0 amide bonds. The number of aliphatic hydroxyl groups is 1. The molecule has 1 aliphatic carbocycles. The van der Waals surface area contributed by atoms with Crippen molar-refractivity contribution in [1.29, 1.82) is 0 Å². The van der Waals surface area contributed by atoms with E-state index in [2.05, 4.69) is 18.2 Å². The first-order chi connectivity index (χ1) is 7.81. The first-order valence-corrected chi connectivity index (χ1v) is 6.31. The average Bonchev–Trinajstić information content (AvgIpc) is 2.35. The quantitative estimate of drug-likeness (QED) is 0.816. The molecule has 0 saturated heterocycles. The normalized spacial score (nSPS) is 16.9. The molecular formula is C14H21NO. The van der Waals surface area contributed by atoms with Gasteiger partial charge in [-0.15, -0.1) is 0 Å². The van der Waals surface area contributed by atoms with Gasteiger partial charge in [0.2, 0.25) is 0 Å². The summed E-state index contributed by atoms with van der Waals surface area (Å²) in [6, 6.07) is 6.45. The lowest BCUT2D eigenvalue weighted by Gasteiger charge is -2.18. The van der Waals surface area contributed by atoms with E-state index in [1.165, 1.54) is 36.8 Å². The number of benzene rings is 1. The van der Waals surface area contributed by atoms with Gasteiger partial charge in [-0.3, -0.25) is 0 Å². The third-order valence-electron chi connectivity index (χ3n) is 3.44. The van der Waals surface area contributed by atoms with Crippen LogP contribution in [0.25, 0.3) is 0 Å². The van der Waals surface area contributed by atoms with Gasteiger partial charge in [-0.25, -0.2) is 0 Å². The van der Waals surface area contributed by atoms with E-state index in [1.807, 2.05) is 0 Å². The lowest BCUT2D eigenvalue weighted by molar-refractivity contribution is 0.165. The zero-order valence-corrected chi connectivity index (χ0v) is 9.78. The molecule has 1 atom stereocenters. The molecule has 2 heteroatoms. The number of rotatable bonds is 4. The fraction of sp³-hybridized carbons (Fsp3) is 0.571. The predicted molar refractivity (Wildman–Crippen MR) is 66.3 cm³/mol. The second kappa shape index (κ2) is 5.46. The maximum atomic E-state index is 10.00. The van der Waals surface area contributed by atoms with E-state index in [0.717, 1.165) is 18.4 Å². The molecule has 0 fully saturated rings. The Bertz CT molecular complexity index is 349. The highest BCUT2D eigenvalue weighted by Gasteiger charge is 2.12. The van der Waals surface area contributed by atoms with Crippen molar-refractivity contribution >= 4 is 0 Å². The van der Waals surface area contributed by atoms with E-state index in [4.69, 9.17) is 5.73 Å². The summed E-state index contributed by atoms with van der Waals surface area (Å²) in [5, 5.41) is 10.00. The molecule has 0 radical (unpaired) electrons. The molecule has 0 aliphatic heterocycles. The molecule has 1 aromatic carbocycles. The standard InChI is InChI=1S/C14H21NO/c15-9-3-6-14(16)13-8-7-11-4-1-2-5-12(11)10-13/h7-8,10,14,16H,1-6,9,15H2. The fourth-order valence-corrected chi connectivity index (χ4v) is 2.44. The van der Waals surface area contributed by atoms with Crippen molar-refractivity contribution in [2.45, 2.75) is 44.6 Å². The van der Waals surface area contributed by atoms with E-state index in [1.54, 1.807) is 0 Å². The molecule has 1 unspecified atom stereocenters. The maximum Gasteiger partial charge on any atom is 0.0790 e. The van der Waals surface area contributed by atoms with Gasteiger partial charge in [-0.1, -0.05) is 18.2 Å². The van der Waals surface area contributed by atoms with Gasteiger partial charge in [0.1, 0.15) is 0 Å². The molecule has 88 valence electrons. The van der Waals surface area contributed by atoms with E-state index in [0.29, 0.717) is 6.54 Å². The Kier molecular flexibility index (Phi) is 3.97. The van der Waals surface area contributed by atoms with E-state index >= 15 is 0 Å². The monoisotopic (exact) mass is 219 g/mol. The van der Waals surface area contributed by atoms with Crippen LogP contribution in [0.15, 0.2) is 18.2 Å². The molecule has 1 aliphatic rings. The summed E-state index contributed by atoms with van der Waals surface area (Å²) in [7, 11) is 0. The Morgan fingerprint density at radius 3 is 2.69 bits per heavy atom. The number of nitrogens with two attached hydrogens (primary N) is 1. The second-order valence-electron chi connectivity index (χ2n) is 4.68. The summed E-state index contributed by atoms with van der Waals surface area (Å²) >= 11 is 0. The largest absolute Gasteiger partial charge is 0.388 e. The van der Waals surface area contributed by atoms with Crippen LogP contribution in [0.5, 0.6) is 0 Å². The minimum Gasteiger partial charge on any atom is -0.388 e. The van der Waals surface area contributed by atoms with Crippen LogP contribution in [0.1, 0.15) is 48.5 Å². The average molecular weight is 219 g/mol. The third kappa shape index (κ3) is 2.63. The van der Waals surface area contributed by atoms with Crippen LogP contribution in [0.4, 0.5) is 0 Å². The van der Waals surface area contributed by atoms with Crippen molar-refractivity contribution in [2.24, 2.45) is 5.73 Å². The van der Waals surface area contributed by atoms with Crippen LogP contribution in [-0.2, 0) is 12.8 Å². The Balaban J connectivity index is 2.10. The van der Waals surface area contributed by atoms with E-state index in [-0.39, 0.29) is 6.10 Å². The lowest BCUT2D eigenvalue weighted by Crippen LogP contribution is -2.07. The van der Waals surface area contributed by atoms with Gasteiger partial charge >= 0.3 is 0 Å². The van der Waals surface area contributed by atoms with Gasteiger partial charge < -0.3 is 10.8 Å². The molecule has 0 bridgehead atoms. The third-order valence-corrected chi connectivity index (χ3v) is 3.44. The highest BCUT2D eigenvalue weighted by molar-refractivity contribution is 5.34. The van der Waals surface area contributed by atoms with Crippen molar-refractivity contribution in [3.05, 3.63) is 34.9 Å². The summed E-state index contributed by atoms with van der Waals surface area (Å²) in [6.45, 7) is 0.655. The minimum absolute atomic E-state index is 0.337. The highest BCUT2D eigenvalue weighted by atomic mass is 16.3. The van der Waals surface area contributed by atoms with Crippen LogP contribution in [-0.4, -0.2) is 11.7 Å². The van der Waals surface area contributed by atoms with Gasteiger partial charge in [-0.2, -0.15) is 0 Å². The van der Waals surface area contributed by atoms with E-state index in [9.17, 15) is 5.11 Å². The molecule has 0 spiro atoms. The van der Waals surface area contributed by atoms with Crippen molar-refractivity contribution in [3.8, 4) is 0 Å². The lowest BCUT2D eigenvalue weighted by atomic mass is 9.89. The van der Waals surface area contributed by atoms with Crippen molar-refractivity contribution in [2.75, 3.05) is 6.54 Å². The molecule has 0 aromatic heterocycles. The Labute approximate surface area is 97.5 Å². The van der Waals surface area contributed by atoms with Crippen molar-refractivity contribution in [3.63, 3.8) is 0 Å². The maximum absolute atomic E-state index is 10.00. The summed E-state index contributed by atoms with van der Waals surface area (Å²) in [5.74, 6) is 0. The van der Waals surface area contributed by atoms with Crippen LogP contribution in [0.3, 0.4) is 0 Å². The molecule has 3 N–H and O–H groups in total. The Morgan fingerprint density at radius 2 is 1.94 bits per heavy atom. The summed E-state index contributed by atoms with van der Waals surface area (Å²) in [5.41, 5.74) is 9.43. The SMILES string of the molecule is NCCCC(O)c1ccc2c(c1)CCCC2. The van der Waals surface area contributed by atoms with Crippen molar-refractivity contribution in [1.82, 2.24) is 0 Å². The van der Waals surface area contributed by atoms with Crippen LogP contribution in [0.2, 0.25) is 0 Å². The zero-order chi connectivity index (χ0) is 11.4. The Morgan fingerprint density at radius 1 is 1.19 bits per heavy atom. The highest BCUT2D eigenvalue weighted by Crippen LogP contribution is 2.26. The van der Waals surface area contributed by atoms with Gasteiger partial charge in [0.15, 0.2) is 0 Å². The Hall–Kier alpha value is -0.860. The molecule has 0 heterocycles. The van der Waals surface area contributed by atoms with Crippen LogP contribution < -0.4 is 5.73 Å². The summed E-state index contributed by atoms with van der Waals surface area (Å²) in [6.07, 6.45) is 6.29. The first-order valence-electron chi connectivity index (χ1n) is 6.31. The molecular weight excluding hydrogens is 198 g/mol. The molecule has 1 aromatic rings. The number of fused-ring (bicyclic) bond motifs is 1.